The molecule has 1 N–H and O–H groups in total. The Labute approximate surface area is 122 Å². The Morgan fingerprint density at radius 1 is 1.35 bits per heavy atom. The van der Waals surface area contributed by atoms with Crippen LogP contribution >= 0.6 is 0 Å². The predicted molar refractivity (Wildman–Crippen MR) is 81.3 cm³/mol. The SMILES string of the molecule is CCCNCC1COCCN1CCOc1ccccc1. The van der Waals surface area contributed by atoms with E-state index >= 15 is 0 Å². The van der Waals surface area contributed by atoms with Crippen molar-refractivity contribution in [2.45, 2.75) is 19.4 Å². The maximum Gasteiger partial charge on any atom is 0.119 e. The normalized spacial score (nSPS) is 19.9. The van der Waals surface area contributed by atoms with Crippen molar-refractivity contribution in [3.8, 4) is 5.75 Å². The molecule has 1 aromatic rings. The van der Waals surface area contributed by atoms with Crippen LogP contribution in [0.25, 0.3) is 0 Å². The molecule has 1 fully saturated rings. The highest BCUT2D eigenvalue weighted by molar-refractivity contribution is 5.20. The Morgan fingerprint density at radius 3 is 3.00 bits per heavy atom. The smallest absolute Gasteiger partial charge is 0.119 e. The zero-order chi connectivity index (χ0) is 14.0. The molecule has 0 aromatic heterocycles. The molecule has 1 atom stereocenters. The molecular formula is C16H26N2O2. The molecule has 1 saturated heterocycles. The third-order valence-electron chi connectivity index (χ3n) is 3.55. The summed E-state index contributed by atoms with van der Waals surface area (Å²) in [6.45, 7) is 8.60. The number of para-hydroxylation sites is 1. The van der Waals surface area contributed by atoms with Crippen molar-refractivity contribution in [1.29, 1.82) is 0 Å². The third-order valence-corrected chi connectivity index (χ3v) is 3.55. The van der Waals surface area contributed by atoms with Gasteiger partial charge in [0.05, 0.1) is 13.2 Å². The van der Waals surface area contributed by atoms with Crippen LogP contribution in [0.3, 0.4) is 0 Å². The van der Waals surface area contributed by atoms with Crippen molar-refractivity contribution in [2.24, 2.45) is 0 Å². The molecule has 0 aliphatic carbocycles. The first kappa shape index (κ1) is 15.3. The minimum Gasteiger partial charge on any atom is -0.492 e. The van der Waals surface area contributed by atoms with Gasteiger partial charge >= 0.3 is 0 Å². The van der Waals surface area contributed by atoms with E-state index in [0.29, 0.717) is 6.04 Å². The minimum atomic E-state index is 0.467. The predicted octanol–water partition coefficient (Wildman–Crippen LogP) is 1.77. The number of hydrogen-bond acceptors (Lipinski definition) is 4. The molecule has 112 valence electrons. The second-order valence-corrected chi connectivity index (χ2v) is 5.13. The molecule has 1 aliphatic rings. The molecule has 4 heteroatoms. The Bertz CT molecular complexity index is 359. The van der Waals surface area contributed by atoms with Crippen LogP contribution in [0.5, 0.6) is 5.75 Å². The van der Waals surface area contributed by atoms with Crippen LogP contribution in [0.2, 0.25) is 0 Å². The first-order valence-electron chi connectivity index (χ1n) is 7.60. The van der Waals surface area contributed by atoms with Gasteiger partial charge in [-0.1, -0.05) is 25.1 Å². The number of nitrogens with zero attached hydrogens (tertiary/aromatic N) is 1. The van der Waals surface area contributed by atoms with Gasteiger partial charge < -0.3 is 14.8 Å². The molecule has 0 radical (unpaired) electrons. The van der Waals surface area contributed by atoms with Gasteiger partial charge in [-0.3, -0.25) is 4.90 Å². The summed E-state index contributed by atoms with van der Waals surface area (Å²) in [5.41, 5.74) is 0. The summed E-state index contributed by atoms with van der Waals surface area (Å²) in [5, 5.41) is 3.48. The lowest BCUT2D eigenvalue weighted by molar-refractivity contribution is -0.0114. The minimum absolute atomic E-state index is 0.467. The molecule has 20 heavy (non-hydrogen) atoms. The third kappa shape index (κ3) is 5.12. The largest absolute Gasteiger partial charge is 0.492 e. The molecule has 0 amide bonds. The number of nitrogens with one attached hydrogen (secondary N) is 1. The Hall–Kier alpha value is -1.10. The highest BCUT2D eigenvalue weighted by Gasteiger charge is 2.22. The lowest BCUT2D eigenvalue weighted by Gasteiger charge is -2.35. The molecule has 1 aliphatic heterocycles. The fourth-order valence-corrected chi connectivity index (χ4v) is 2.41. The van der Waals surface area contributed by atoms with E-state index in [9.17, 15) is 0 Å². The van der Waals surface area contributed by atoms with Crippen molar-refractivity contribution in [2.75, 3.05) is 46.0 Å². The average Bonchev–Trinajstić information content (AvgIpc) is 2.50. The van der Waals surface area contributed by atoms with Gasteiger partial charge in [0, 0.05) is 25.7 Å². The van der Waals surface area contributed by atoms with Crippen LogP contribution in [0.15, 0.2) is 30.3 Å². The number of rotatable bonds is 8. The van der Waals surface area contributed by atoms with Crippen molar-refractivity contribution in [3.63, 3.8) is 0 Å². The summed E-state index contributed by atoms with van der Waals surface area (Å²) >= 11 is 0. The number of ether oxygens (including phenoxy) is 2. The summed E-state index contributed by atoms with van der Waals surface area (Å²) in [5.74, 6) is 0.946. The Balaban J connectivity index is 1.71. The summed E-state index contributed by atoms with van der Waals surface area (Å²) in [6, 6.07) is 10.5. The fourth-order valence-electron chi connectivity index (χ4n) is 2.41. The van der Waals surface area contributed by atoms with E-state index in [0.717, 1.165) is 51.7 Å². The van der Waals surface area contributed by atoms with Crippen LogP contribution in [-0.2, 0) is 4.74 Å². The molecule has 4 nitrogen and oxygen atoms in total. The van der Waals surface area contributed by atoms with Crippen molar-refractivity contribution in [3.05, 3.63) is 30.3 Å². The van der Waals surface area contributed by atoms with Gasteiger partial charge in [0.2, 0.25) is 0 Å². The highest BCUT2D eigenvalue weighted by Crippen LogP contribution is 2.10. The van der Waals surface area contributed by atoms with Gasteiger partial charge in [-0.25, -0.2) is 0 Å². The zero-order valence-electron chi connectivity index (χ0n) is 12.4. The van der Waals surface area contributed by atoms with Crippen LogP contribution in [0.1, 0.15) is 13.3 Å². The van der Waals surface area contributed by atoms with E-state index < -0.39 is 0 Å². The quantitative estimate of drug-likeness (QED) is 0.735. The monoisotopic (exact) mass is 278 g/mol. The summed E-state index contributed by atoms with van der Waals surface area (Å²) in [6.07, 6.45) is 1.17. The highest BCUT2D eigenvalue weighted by atomic mass is 16.5. The molecular weight excluding hydrogens is 252 g/mol. The number of morpholine rings is 1. The van der Waals surface area contributed by atoms with E-state index in [1.165, 1.54) is 6.42 Å². The summed E-state index contributed by atoms with van der Waals surface area (Å²) < 4.78 is 11.4. The maximum atomic E-state index is 5.78. The molecule has 1 unspecified atom stereocenters. The first-order chi connectivity index (χ1) is 9.90. The fraction of sp³-hybridized carbons (Fsp3) is 0.625. The lowest BCUT2D eigenvalue weighted by Crippen LogP contribution is -2.51. The molecule has 1 heterocycles. The van der Waals surface area contributed by atoms with Gasteiger partial charge in [0.1, 0.15) is 12.4 Å². The van der Waals surface area contributed by atoms with Crippen LogP contribution < -0.4 is 10.1 Å². The van der Waals surface area contributed by atoms with E-state index in [4.69, 9.17) is 9.47 Å². The standard InChI is InChI=1S/C16H26N2O2/c1-2-8-17-13-15-14-19-11-9-18(15)10-12-20-16-6-4-3-5-7-16/h3-7,15,17H,2,8-14H2,1H3. The van der Waals surface area contributed by atoms with Crippen molar-refractivity contribution >= 4 is 0 Å². The summed E-state index contributed by atoms with van der Waals surface area (Å²) in [7, 11) is 0. The van der Waals surface area contributed by atoms with Crippen molar-refractivity contribution in [1.82, 2.24) is 10.2 Å². The Morgan fingerprint density at radius 2 is 2.20 bits per heavy atom. The average molecular weight is 278 g/mol. The van der Waals surface area contributed by atoms with E-state index in [1.807, 2.05) is 30.3 Å². The molecule has 2 rings (SSSR count). The van der Waals surface area contributed by atoms with E-state index in [1.54, 1.807) is 0 Å². The topological polar surface area (TPSA) is 33.7 Å². The van der Waals surface area contributed by atoms with Crippen molar-refractivity contribution < 1.29 is 9.47 Å². The van der Waals surface area contributed by atoms with E-state index in [-0.39, 0.29) is 0 Å². The lowest BCUT2D eigenvalue weighted by atomic mass is 10.2. The molecule has 0 spiro atoms. The van der Waals surface area contributed by atoms with Crippen LogP contribution in [-0.4, -0.2) is 56.9 Å². The second-order valence-electron chi connectivity index (χ2n) is 5.13. The van der Waals surface area contributed by atoms with Gasteiger partial charge in [0.15, 0.2) is 0 Å². The van der Waals surface area contributed by atoms with Gasteiger partial charge in [-0.05, 0) is 25.1 Å². The zero-order valence-corrected chi connectivity index (χ0v) is 12.4. The van der Waals surface area contributed by atoms with E-state index in [2.05, 4.69) is 17.1 Å². The molecule has 1 aromatic carbocycles. The second kappa shape index (κ2) is 8.95. The van der Waals surface area contributed by atoms with Crippen LogP contribution in [0.4, 0.5) is 0 Å². The van der Waals surface area contributed by atoms with Gasteiger partial charge in [-0.2, -0.15) is 0 Å². The van der Waals surface area contributed by atoms with Crippen LogP contribution in [0, 0.1) is 0 Å². The van der Waals surface area contributed by atoms with Gasteiger partial charge in [0.25, 0.3) is 0 Å². The van der Waals surface area contributed by atoms with Gasteiger partial charge in [-0.15, -0.1) is 0 Å². The maximum absolute atomic E-state index is 5.78. The first-order valence-corrected chi connectivity index (χ1v) is 7.60. The molecule has 0 saturated carbocycles. The molecule has 0 bridgehead atoms. The summed E-state index contributed by atoms with van der Waals surface area (Å²) in [4.78, 5) is 2.47. The Kier molecular flexibility index (Phi) is 6.84. The number of benzene rings is 1. The number of hydrogen-bond donors (Lipinski definition) is 1.